The molecule has 1 aliphatic carbocycles. The van der Waals surface area contributed by atoms with Gasteiger partial charge in [0.15, 0.2) is 5.65 Å². The van der Waals surface area contributed by atoms with Crippen molar-refractivity contribution < 1.29 is 4.79 Å². The van der Waals surface area contributed by atoms with Crippen molar-refractivity contribution in [2.75, 3.05) is 11.1 Å². The Labute approximate surface area is 154 Å². The Kier molecular flexibility index (Phi) is 3.43. The fraction of sp³-hybridized carbons (Fsp3) is 0.158. The number of hydrogen-bond acceptors (Lipinski definition) is 5. The fourth-order valence-corrected chi connectivity index (χ4v) is 3.13. The van der Waals surface area contributed by atoms with Crippen LogP contribution in [0.5, 0.6) is 0 Å². The van der Waals surface area contributed by atoms with E-state index < -0.39 is 0 Å². The summed E-state index contributed by atoms with van der Waals surface area (Å²) >= 11 is 0. The topological polar surface area (TPSA) is 114 Å². The van der Waals surface area contributed by atoms with Gasteiger partial charge in [0, 0.05) is 47.1 Å². The van der Waals surface area contributed by atoms with Gasteiger partial charge in [0.1, 0.15) is 11.4 Å². The number of hydrogen-bond donors (Lipinski definition) is 3. The minimum absolute atomic E-state index is 0.276. The van der Waals surface area contributed by atoms with Crippen LogP contribution in [0.2, 0.25) is 0 Å². The summed E-state index contributed by atoms with van der Waals surface area (Å²) in [5, 5.41) is 7.12. The summed E-state index contributed by atoms with van der Waals surface area (Å²) in [7, 11) is 0. The average molecular weight is 359 g/mol. The van der Waals surface area contributed by atoms with Crippen molar-refractivity contribution in [2.45, 2.75) is 18.8 Å². The Morgan fingerprint density at radius 3 is 2.96 bits per heavy atom. The summed E-state index contributed by atoms with van der Waals surface area (Å²) < 4.78 is 1.62. The van der Waals surface area contributed by atoms with Crippen LogP contribution in [0.15, 0.2) is 49.1 Å². The molecule has 0 unspecified atom stereocenters. The SMILES string of the molecule is Nc1cc(NC(=O)c2cnn3ccc(C4CC4)nc23)cc(-c2ncc[nH]2)c1. The molecule has 0 aliphatic heterocycles. The van der Waals surface area contributed by atoms with Gasteiger partial charge in [0.05, 0.1) is 6.20 Å². The van der Waals surface area contributed by atoms with Crippen molar-refractivity contribution >= 4 is 22.9 Å². The standard InChI is InChI=1S/C19H17N7O/c20-13-7-12(17-21-4-5-22-17)8-14(9-13)24-19(27)15-10-23-26-6-3-16(11-1-2-11)25-18(15)26/h3-11H,1-2,20H2,(H,21,22)(H,24,27). The third-order valence-electron chi connectivity index (χ3n) is 4.62. The van der Waals surface area contributed by atoms with Gasteiger partial charge in [-0.3, -0.25) is 4.79 Å². The van der Waals surface area contributed by atoms with Gasteiger partial charge < -0.3 is 16.0 Å². The molecule has 3 aromatic heterocycles. The summed E-state index contributed by atoms with van der Waals surface area (Å²) in [6.45, 7) is 0. The Morgan fingerprint density at radius 2 is 2.19 bits per heavy atom. The number of imidazole rings is 1. The van der Waals surface area contributed by atoms with E-state index in [-0.39, 0.29) is 5.91 Å². The number of benzene rings is 1. The van der Waals surface area contributed by atoms with Crippen LogP contribution in [0.25, 0.3) is 17.0 Å². The molecule has 0 atom stereocenters. The number of H-pyrrole nitrogens is 1. The molecule has 1 aliphatic rings. The number of nitrogens with one attached hydrogen (secondary N) is 2. The molecular weight excluding hydrogens is 342 g/mol. The number of nitrogens with two attached hydrogens (primary N) is 1. The first-order valence-electron chi connectivity index (χ1n) is 8.73. The number of fused-ring (bicyclic) bond motifs is 1. The molecule has 1 amide bonds. The molecule has 8 nitrogen and oxygen atoms in total. The highest BCUT2D eigenvalue weighted by Gasteiger charge is 2.26. The van der Waals surface area contributed by atoms with Crippen LogP contribution < -0.4 is 11.1 Å². The second-order valence-electron chi connectivity index (χ2n) is 6.69. The van der Waals surface area contributed by atoms with Crippen LogP contribution in [0, 0.1) is 0 Å². The Bertz CT molecular complexity index is 1140. The van der Waals surface area contributed by atoms with Crippen LogP contribution in [0.4, 0.5) is 11.4 Å². The van der Waals surface area contributed by atoms with E-state index in [9.17, 15) is 4.79 Å². The van der Waals surface area contributed by atoms with Gasteiger partial charge in [-0.1, -0.05) is 0 Å². The maximum atomic E-state index is 12.8. The first-order chi connectivity index (χ1) is 13.2. The molecule has 0 bridgehead atoms. The molecule has 0 spiro atoms. The minimum atomic E-state index is -0.276. The maximum absolute atomic E-state index is 12.8. The van der Waals surface area contributed by atoms with Gasteiger partial charge in [0.25, 0.3) is 5.91 Å². The molecule has 4 N–H and O–H groups in total. The van der Waals surface area contributed by atoms with E-state index >= 15 is 0 Å². The van der Waals surface area contributed by atoms with Crippen molar-refractivity contribution in [2.24, 2.45) is 0 Å². The predicted octanol–water partition coefficient (Wildman–Crippen LogP) is 2.83. The van der Waals surface area contributed by atoms with E-state index in [0.29, 0.717) is 34.3 Å². The number of aromatic nitrogens is 5. The van der Waals surface area contributed by atoms with Crippen molar-refractivity contribution in [1.29, 1.82) is 0 Å². The molecule has 4 aromatic rings. The van der Waals surface area contributed by atoms with Gasteiger partial charge in [-0.15, -0.1) is 0 Å². The van der Waals surface area contributed by atoms with Crippen LogP contribution in [0.3, 0.4) is 0 Å². The number of rotatable bonds is 4. The molecule has 1 saturated carbocycles. The predicted molar refractivity (Wildman–Crippen MR) is 101 cm³/mol. The molecule has 3 heterocycles. The molecule has 1 aromatic carbocycles. The number of aromatic amines is 1. The zero-order valence-electron chi connectivity index (χ0n) is 14.4. The second kappa shape index (κ2) is 5.94. The first-order valence-corrected chi connectivity index (χ1v) is 8.73. The average Bonchev–Trinajstić information content (AvgIpc) is 3.18. The zero-order valence-corrected chi connectivity index (χ0v) is 14.4. The Morgan fingerprint density at radius 1 is 1.30 bits per heavy atom. The van der Waals surface area contributed by atoms with E-state index in [1.807, 2.05) is 18.3 Å². The number of anilines is 2. The second-order valence-corrected chi connectivity index (χ2v) is 6.69. The van der Waals surface area contributed by atoms with E-state index in [1.54, 1.807) is 29.0 Å². The maximum Gasteiger partial charge on any atom is 0.261 e. The molecule has 5 rings (SSSR count). The van der Waals surface area contributed by atoms with Crippen LogP contribution in [0.1, 0.15) is 34.8 Å². The summed E-state index contributed by atoms with van der Waals surface area (Å²) in [6, 6.07) is 7.29. The molecule has 0 saturated heterocycles. The summed E-state index contributed by atoms with van der Waals surface area (Å²) in [6.07, 6.45) is 9.09. The lowest BCUT2D eigenvalue weighted by Gasteiger charge is -2.08. The third-order valence-corrected chi connectivity index (χ3v) is 4.62. The summed E-state index contributed by atoms with van der Waals surface area (Å²) in [5.74, 6) is 0.913. The van der Waals surface area contributed by atoms with Crippen molar-refractivity contribution in [3.05, 3.63) is 60.3 Å². The van der Waals surface area contributed by atoms with E-state index in [2.05, 4.69) is 25.4 Å². The van der Waals surface area contributed by atoms with Crippen LogP contribution in [-0.2, 0) is 0 Å². The number of amides is 1. The molecule has 8 heteroatoms. The van der Waals surface area contributed by atoms with Crippen molar-refractivity contribution in [3.63, 3.8) is 0 Å². The fourth-order valence-electron chi connectivity index (χ4n) is 3.13. The van der Waals surface area contributed by atoms with E-state index in [1.165, 1.54) is 6.20 Å². The first kappa shape index (κ1) is 15.6. The lowest BCUT2D eigenvalue weighted by Crippen LogP contribution is -2.12. The van der Waals surface area contributed by atoms with Gasteiger partial charge in [-0.2, -0.15) is 5.10 Å². The van der Waals surface area contributed by atoms with Crippen molar-refractivity contribution in [1.82, 2.24) is 24.6 Å². The monoisotopic (exact) mass is 359 g/mol. The number of nitrogen functional groups attached to an aromatic ring is 1. The highest BCUT2D eigenvalue weighted by Crippen LogP contribution is 2.39. The highest BCUT2D eigenvalue weighted by atomic mass is 16.1. The normalized spacial score (nSPS) is 13.8. The quantitative estimate of drug-likeness (QED) is 0.485. The van der Waals surface area contributed by atoms with E-state index in [0.717, 1.165) is 24.1 Å². The van der Waals surface area contributed by atoms with Crippen LogP contribution in [-0.4, -0.2) is 30.5 Å². The molecular formula is C19H17N7O. The molecule has 1 fully saturated rings. The summed E-state index contributed by atoms with van der Waals surface area (Å²) in [5.41, 5.74) is 9.91. The number of nitrogens with zero attached hydrogens (tertiary/aromatic N) is 4. The lowest BCUT2D eigenvalue weighted by atomic mass is 10.1. The molecule has 27 heavy (non-hydrogen) atoms. The van der Waals surface area contributed by atoms with Crippen molar-refractivity contribution in [3.8, 4) is 11.4 Å². The summed E-state index contributed by atoms with van der Waals surface area (Å²) in [4.78, 5) is 24.7. The smallest absolute Gasteiger partial charge is 0.261 e. The minimum Gasteiger partial charge on any atom is -0.399 e. The largest absolute Gasteiger partial charge is 0.399 e. The van der Waals surface area contributed by atoms with Gasteiger partial charge in [-0.05, 0) is 37.1 Å². The Hall–Kier alpha value is -3.68. The van der Waals surface area contributed by atoms with Gasteiger partial charge in [0.2, 0.25) is 0 Å². The Balaban J connectivity index is 1.47. The van der Waals surface area contributed by atoms with E-state index in [4.69, 9.17) is 5.73 Å². The lowest BCUT2D eigenvalue weighted by molar-refractivity contribution is 0.102. The number of carbonyl (C=O) groups is 1. The number of carbonyl (C=O) groups excluding carboxylic acids is 1. The van der Waals surface area contributed by atoms with Gasteiger partial charge >= 0.3 is 0 Å². The van der Waals surface area contributed by atoms with Gasteiger partial charge in [-0.25, -0.2) is 14.5 Å². The zero-order chi connectivity index (χ0) is 18.4. The molecule has 134 valence electrons. The highest BCUT2D eigenvalue weighted by molar-refractivity contribution is 6.08. The van der Waals surface area contributed by atoms with Crippen LogP contribution >= 0.6 is 0 Å². The third kappa shape index (κ3) is 2.91. The molecule has 0 radical (unpaired) electrons.